The molecule has 9 nitrogen and oxygen atoms in total. The lowest BCUT2D eigenvalue weighted by molar-refractivity contribution is -0.117. The molecule has 3 aromatic rings. The fourth-order valence-electron chi connectivity index (χ4n) is 2.68. The highest BCUT2D eigenvalue weighted by atomic mass is 19.1. The molecule has 0 atom stereocenters. The summed E-state index contributed by atoms with van der Waals surface area (Å²) in [6.07, 6.45) is 0. The van der Waals surface area contributed by atoms with E-state index in [2.05, 4.69) is 20.9 Å². The highest BCUT2D eigenvalue weighted by Crippen LogP contribution is 2.29. The van der Waals surface area contributed by atoms with Crippen LogP contribution in [0.3, 0.4) is 0 Å². The molecule has 0 aliphatic heterocycles. The highest BCUT2D eigenvalue weighted by molar-refractivity contribution is 6.04. The normalized spacial score (nSPS) is 10.4. The number of rotatable bonds is 7. The van der Waals surface area contributed by atoms with Crippen molar-refractivity contribution in [3.8, 4) is 11.5 Å². The molecule has 2 N–H and O–H groups in total. The van der Waals surface area contributed by atoms with Gasteiger partial charge in [-0.25, -0.2) is 9.07 Å². The number of hydrogen-bond donors (Lipinski definition) is 2. The van der Waals surface area contributed by atoms with Gasteiger partial charge >= 0.3 is 0 Å². The Morgan fingerprint density at radius 3 is 2.47 bits per heavy atom. The van der Waals surface area contributed by atoms with Gasteiger partial charge in [0.1, 0.15) is 23.9 Å². The SMILES string of the molecule is COc1ccc(OC)c(NC(=O)c2nnn(CC(=O)Nc3ccc(F)cc3)c2C)c1. The van der Waals surface area contributed by atoms with E-state index in [0.29, 0.717) is 28.6 Å². The fourth-order valence-corrected chi connectivity index (χ4v) is 2.68. The Balaban J connectivity index is 1.71. The number of benzene rings is 2. The molecular weight excluding hydrogens is 393 g/mol. The minimum atomic E-state index is -0.510. The molecule has 0 bridgehead atoms. The van der Waals surface area contributed by atoms with Crippen LogP contribution in [-0.2, 0) is 11.3 Å². The van der Waals surface area contributed by atoms with Gasteiger partial charge in [-0.2, -0.15) is 0 Å². The zero-order chi connectivity index (χ0) is 21.7. The molecule has 0 radical (unpaired) electrons. The van der Waals surface area contributed by atoms with Crippen molar-refractivity contribution in [2.45, 2.75) is 13.5 Å². The average Bonchev–Trinajstić information content (AvgIpc) is 3.09. The van der Waals surface area contributed by atoms with E-state index < -0.39 is 17.6 Å². The van der Waals surface area contributed by atoms with Crippen LogP contribution in [0.1, 0.15) is 16.2 Å². The quantitative estimate of drug-likeness (QED) is 0.617. The third-order valence-electron chi connectivity index (χ3n) is 4.27. The number of anilines is 2. The lowest BCUT2D eigenvalue weighted by Crippen LogP contribution is -2.21. The standard InChI is InChI=1S/C20H20FN5O4/c1-12-19(20(28)23-16-10-15(29-2)8-9-17(16)30-3)24-25-26(12)11-18(27)22-14-6-4-13(21)5-7-14/h4-10H,11H2,1-3H3,(H,22,27)(H,23,28). The first-order chi connectivity index (χ1) is 14.4. The number of nitrogens with zero attached hydrogens (tertiary/aromatic N) is 3. The van der Waals surface area contributed by atoms with Crippen molar-refractivity contribution in [2.75, 3.05) is 24.9 Å². The summed E-state index contributed by atoms with van der Waals surface area (Å²) in [5.41, 5.74) is 1.32. The van der Waals surface area contributed by atoms with Crippen molar-refractivity contribution in [1.82, 2.24) is 15.0 Å². The number of amides is 2. The van der Waals surface area contributed by atoms with Crippen molar-refractivity contribution in [2.24, 2.45) is 0 Å². The zero-order valence-corrected chi connectivity index (χ0v) is 16.6. The predicted octanol–water partition coefficient (Wildman–Crippen LogP) is 2.63. The molecule has 30 heavy (non-hydrogen) atoms. The number of hydrogen-bond acceptors (Lipinski definition) is 6. The minimum absolute atomic E-state index is 0.0643. The van der Waals surface area contributed by atoms with Crippen LogP contribution in [0.15, 0.2) is 42.5 Å². The molecule has 3 rings (SSSR count). The Morgan fingerprint density at radius 2 is 1.80 bits per heavy atom. The molecule has 0 unspecified atom stereocenters. The van der Waals surface area contributed by atoms with E-state index >= 15 is 0 Å². The summed E-state index contributed by atoms with van der Waals surface area (Å²) in [7, 11) is 3.00. The van der Waals surface area contributed by atoms with E-state index in [1.165, 1.54) is 43.2 Å². The summed E-state index contributed by atoms with van der Waals surface area (Å²) in [6.45, 7) is 1.47. The molecule has 0 saturated heterocycles. The first kappa shape index (κ1) is 20.8. The van der Waals surface area contributed by atoms with Crippen LogP contribution in [0.2, 0.25) is 0 Å². The number of carbonyl (C=O) groups is 2. The molecule has 2 amide bonds. The summed E-state index contributed by atoms with van der Waals surface area (Å²) < 4.78 is 24.7. The fraction of sp³-hybridized carbons (Fsp3) is 0.200. The Hall–Kier alpha value is -3.95. The topological polar surface area (TPSA) is 107 Å². The second-order valence-electron chi connectivity index (χ2n) is 6.26. The molecule has 0 saturated carbocycles. The van der Waals surface area contributed by atoms with Crippen molar-refractivity contribution >= 4 is 23.2 Å². The lowest BCUT2D eigenvalue weighted by Gasteiger charge is -2.11. The second kappa shape index (κ2) is 9.03. The van der Waals surface area contributed by atoms with Crippen molar-refractivity contribution in [3.05, 3.63) is 59.7 Å². The van der Waals surface area contributed by atoms with E-state index in [1.54, 1.807) is 25.1 Å². The summed E-state index contributed by atoms with van der Waals surface area (Å²) in [5.74, 6) is -0.305. The summed E-state index contributed by atoms with van der Waals surface area (Å²) in [4.78, 5) is 24.9. The van der Waals surface area contributed by atoms with Gasteiger partial charge < -0.3 is 20.1 Å². The Bertz CT molecular complexity index is 1070. The third kappa shape index (κ3) is 4.72. The first-order valence-corrected chi connectivity index (χ1v) is 8.90. The highest BCUT2D eigenvalue weighted by Gasteiger charge is 2.19. The molecular formula is C20H20FN5O4. The number of aromatic nitrogens is 3. The van der Waals surface area contributed by atoms with Crippen LogP contribution in [0, 0.1) is 12.7 Å². The van der Waals surface area contributed by atoms with Gasteiger partial charge in [0.25, 0.3) is 5.91 Å². The lowest BCUT2D eigenvalue weighted by atomic mass is 10.2. The van der Waals surface area contributed by atoms with E-state index in [-0.39, 0.29) is 12.2 Å². The number of ether oxygens (including phenoxy) is 2. The van der Waals surface area contributed by atoms with Crippen molar-refractivity contribution in [1.29, 1.82) is 0 Å². The van der Waals surface area contributed by atoms with E-state index in [9.17, 15) is 14.0 Å². The molecule has 156 valence electrons. The van der Waals surface area contributed by atoms with Gasteiger partial charge in [0.2, 0.25) is 5.91 Å². The van der Waals surface area contributed by atoms with Crippen LogP contribution in [-0.4, -0.2) is 41.0 Å². The molecule has 0 spiro atoms. The number of carbonyl (C=O) groups excluding carboxylic acids is 2. The van der Waals surface area contributed by atoms with Gasteiger partial charge in [-0.05, 0) is 43.3 Å². The smallest absolute Gasteiger partial charge is 0.278 e. The maximum absolute atomic E-state index is 13.0. The largest absolute Gasteiger partial charge is 0.497 e. The monoisotopic (exact) mass is 413 g/mol. The summed E-state index contributed by atoms with van der Waals surface area (Å²) in [6, 6.07) is 10.4. The Kier molecular flexibility index (Phi) is 6.26. The summed E-state index contributed by atoms with van der Waals surface area (Å²) >= 11 is 0. The second-order valence-corrected chi connectivity index (χ2v) is 6.26. The Morgan fingerprint density at radius 1 is 1.07 bits per heavy atom. The molecule has 0 aliphatic rings. The van der Waals surface area contributed by atoms with Crippen LogP contribution < -0.4 is 20.1 Å². The van der Waals surface area contributed by atoms with Crippen molar-refractivity contribution in [3.63, 3.8) is 0 Å². The summed E-state index contributed by atoms with van der Waals surface area (Å²) in [5, 5.41) is 13.1. The molecule has 0 aliphatic carbocycles. The molecule has 1 heterocycles. The van der Waals surface area contributed by atoms with Crippen LogP contribution in [0.4, 0.5) is 15.8 Å². The maximum Gasteiger partial charge on any atom is 0.278 e. The van der Waals surface area contributed by atoms with E-state index in [4.69, 9.17) is 9.47 Å². The van der Waals surface area contributed by atoms with Crippen LogP contribution in [0.5, 0.6) is 11.5 Å². The maximum atomic E-state index is 13.0. The third-order valence-corrected chi connectivity index (χ3v) is 4.27. The molecule has 2 aromatic carbocycles. The zero-order valence-electron chi connectivity index (χ0n) is 16.6. The van der Waals surface area contributed by atoms with Gasteiger partial charge in [0.15, 0.2) is 5.69 Å². The number of halogens is 1. The average molecular weight is 413 g/mol. The van der Waals surface area contributed by atoms with Crippen LogP contribution in [0.25, 0.3) is 0 Å². The number of methoxy groups -OCH3 is 2. The molecule has 0 fully saturated rings. The predicted molar refractivity (Wildman–Crippen MR) is 107 cm³/mol. The molecule has 1 aromatic heterocycles. The first-order valence-electron chi connectivity index (χ1n) is 8.90. The number of nitrogens with one attached hydrogen (secondary N) is 2. The van der Waals surface area contributed by atoms with Crippen molar-refractivity contribution < 1.29 is 23.5 Å². The van der Waals surface area contributed by atoms with Gasteiger partial charge in [-0.15, -0.1) is 5.10 Å². The minimum Gasteiger partial charge on any atom is -0.497 e. The van der Waals surface area contributed by atoms with E-state index in [0.717, 1.165) is 0 Å². The molecule has 10 heteroatoms. The van der Waals surface area contributed by atoms with E-state index in [1.807, 2.05) is 0 Å². The van der Waals surface area contributed by atoms with Gasteiger partial charge in [0.05, 0.1) is 25.6 Å². The van der Waals surface area contributed by atoms with Gasteiger partial charge in [-0.1, -0.05) is 5.21 Å². The van der Waals surface area contributed by atoms with Gasteiger partial charge in [-0.3, -0.25) is 9.59 Å². The van der Waals surface area contributed by atoms with Gasteiger partial charge in [0, 0.05) is 11.8 Å². The Labute approximate surface area is 171 Å². The van der Waals surface area contributed by atoms with Crippen LogP contribution >= 0.6 is 0 Å².